The van der Waals surface area contributed by atoms with Crippen molar-refractivity contribution in [1.82, 2.24) is 4.90 Å². The van der Waals surface area contributed by atoms with Crippen molar-refractivity contribution in [2.45, 2.75) is 24.5 Å². The van der Waals surface area contributed by atoms with Crippen LogP contribution in [0.5, 0.6) is 0 Å². The van der Waals surface area contributed by atoms with Gasteiger partial charge in [-0.3, -0.25) is 14.5 Å². The van der Waals surface area contributed by atoms with Crippen molar-refractivity contribution in [3.63, 3.8) is 0 Å². The third-order valence-electron chi connectivity index (χ3n) is 4.46. The molecule has 29 heavy (non-hydrogen) atoms. The van der Waals surface area contributed by atoms with E-state index in [1.807, 2.05) is 0 Å². The molecule has 1 fully saturated rings. The van der Waals surface area contributed by atoms with Gasteiger partial charge in [-0.15, -0.1) is 0 Å². The van der Waals surface area contributed by atoms with E-state index < -0.39 is 35.4 Å². The number of halogens is 1. The average Bonchev–Trinajstić information content (AvgIpc) is 2.98. The lowest BCUT2D eigenvalue weighted by Crippen LogP contribution is -2.39. The molecule has 2 unspecified atom stereocenters. The lowest BCUT2D eigenvalue weighted by Gasteiger charge is -2.31. The summed E-state index contributed by atoms with van der Waals surface area (Å²) in [4.78, 5) is 37.7. The number of allylic oxidation sites excluding steroid dienone is 1. The Kier molecular flexibility index (Phi) is 5.86. The second-order valence-corrected chi connectivity index (χ2v) is 7.84. The number of ether oxygens (including phenoxy) is 1. The maximum Gasteiger partial charge on any atom is 0.338 e. The number of nitrogens with zero attached hydrogens (tertiary/aromatic N) is 2. The number of carbonyl (C=O) groups is 3. The van der Waals surface area contributed by atoms with Crippen LogP contribution in [0.3, 0.4) is 0 Å². The van der Waals surface area contributed by atoms with Crippen LogP contribution in [0, 0.1) is 11.3 Å². The topological polar surface area (TPSA) is 134 Å². The number of carbonyl (C=O) groups excluding carboxylic acids is 2. The van der Waals surface area contributed by atoms with E-state index in [1.165, 1.54) is 0 Å². The molecule has 0 aliphatic carbocycles. The molecule has 0 bridgehead atoms. The van der Waals surface area contributed by atoms with Crippen LogP contribution < -0.4 is 5.73 Å². The predicted molar refractivity (Wildman–Crippen MR) is 105 cm³/mol. The van der Waals surface area contributed by atoms with Crippen molar-refractivity contribution in [1.29, 1.82) is 5.26 Å². The fraction of sp³-hybridized carbons (Fsp3) is 0.263. The second kappa shape index (κ2) is 8.19. The number of fused-ring (bicyclic) bond motifs is 1. The fourth-order valence-electron chi connectivity index (χ4n) is 3.25. The highest BCUT2D eigenvalue weighted by Gasteiger charge is 2.48. The molecule has 0 spiro atoms. The van der Waals surface area contributed by atoms with Gasteiger partial charge < -0.3 is 15.6 Å². The number of carboxylic acid groups (broad SMARTS) is 1. The zero-order valence-electron chi connectivity index (χ0n) is 15.2. The molecule has 3 N–H and O–H groups in total. The van der Waals surface area contributed by atoms with Gasteiger partial charge in [-0.1, -0.05) is 35.5 Å². The quantitative estimate of drug-likeness (QED) is 0.675. The van der Waals surface area contributed by atoms with Crippen LogP contribution in [0.15, 0.2) is 46.3 Å². The Bertz CT molecular complexity index is 996. The highest BCUT2D eigenvalue weighted by molar-refractivity contribution is 8.04. The summed E-state index contributed by atoms with van der Waals surface area (Å²) in [5.74, 6) is -3.53. The van der Waals surface area contributed by atoms with Gasteiger partial charge >= 0.3 is 11.9 Å². The number of nitriles is 1. The third kappa shape index (κ3) is 3.69. The summed E-state index contributed by atoms with van der Waals surface area (Å²) < 4.78 is 5.12. The summed E-state index contributed by atoms with van der Waals surface area (Å²) in [6.45, 7) is 1.70. The predicted octanol–water partition coefficient (Wildman–Crippen LogP) is 2.32. The number of aliphatic carboxylic acids is 1. The number of carboxylic acids is 1. The summed E-state index contributed by atoms with van der Waals surface area (Å²) in [5, 5.41) is 18.7. The standard InChI is InChI=1S/C19H16ClN3O5S/c1-2-28-19(27)15-14(9-3-5-10(20)6-4-9)11(8-21)18-23(16(15)22)17(26)12(29-18)7-13(24)25/h3-6,12,14H,2,7,22H2,1H3,(H,24,25). The number of hydrogen-bond donors (Lipinski definition) is 2. The van der Waals surface area contributed by atoms with Crippen LogP contribution in [0.4, 0.5) is 0 Å². The van der Waals surface area contributed by atoms with Crippen molar-refractivity contribution in [2.24, 2.45) is 5.73 Å². The van der Waals surface area contributed by atoms with Gasteiger partial charge in [-0.25, -0.2) is 4.79 Å². The molecular weight excluding hydrogens is 418 g/mol. The maximum absolute atomic E-state index is 12.8. The van der Waals surface area contributed by atoms with E-state index in [4.69, 9.17) is 27.2 Å². The Hall–Kier alpha value is -2.96. The molecule has 0 radical (unpaired) electrons. The molecule has 8 nitrogen and oxygen atoms in total. The van der Waals surface area contributed by atoms with E-state index in [0.29, 0.717) is 10.6 Å². The van der Waals surface area contributed by atoms with Crippen molar-refractivity contribution in [3.8, 4) is 6.07 Å². The van der Waals surface area contributed by atoms with Crippen LogP contribution >= 0.6 is 23.4 Å². The van der Waals surface area contributed by atoms with E-state index in [1.54, 1.807) is 31.2 Å². The highest BCUT2D eigenvalue weighted by atomic mass is 35.5. The molecule has 10 heteroatoms. The number of benzene rings is 1. The van der Waals surface area contributed by atoms with Crippen LogP contribution in [0.1, 0.15) is 24.8 Å². The van der Waals surface area contributed by atoms with E-state index >= 15 is 0 Å². The van der Waals surface area contributed by atoms with Gasteiger partial charge in [-0.2, -0.15) is 5.26 Å². The van der Waals surface area contributed by atoms with Gasteiger partial charge in [0, 0.05) is 5.02 Å². The minimum Gasteiger partial charge on any atom is -0.481 e. The maximum atomic E-state index is 12.8. The minimum atomic E-state index is -1.16. The number of nitrogens with two attached hydrogens (primary N) is 1. The van der Waals surface area contributed by atoms with Gasteiger partial charge in [0.05, 0.1) is 41.2 Å². The Morgan fingerprint density at radius 1 is 1.38 bits per heavy atom. The average molecular weight is 434 g/mol. The van der Waals surface area contributed by atoms with Crippen LogP contribution in [0.25, 0.3) is 0 Å². The molecule has 1 aromatic rings. The number of rotatable bonds is 5. The first-order chi connectivity index (χ1) is 13.8. The molecule has 2 aliphatic heterocycles. The SMILES string of the molecule is CCOC(=O)C1=C(N)N2C(=O)C(CC(=O)O)SC2=C(C#N)C1c1ccc(Cl)cc1. The minimum absolute atomic E-state index is 0.0422. The lowest BCUT2D eigenvalue weighted by atomic mass is 9.83. The highest BCUT2D eigenvalue weighted by Crippen LogP contribution is 2.49. The number of thioether (sulfide) groups is 1. The van der Waals surface area contributed by atoms with Crippen molar-refractivity contribution < 1.29 is 24.2 Å². The first kappa shape index (κ1) is 20.8. The van der Waals surface area contributed by atoms with E-state index in [2.05, 4.69) is 6.07 Å². The molecule has 1 saturated heterocycles. The Morgan fingerprint density at radius 3 is 2.59 bits per heavy atom. The fourth-order valence-corrected chi connectivity index (χ4v) is 4.66. The van der Waals surface area contributed by atoms with E-state index in [9.17, 15) is 19.6 Å². The van der Waals surface area contributed by atoms with Gasteiger partial charge in [-0.05, 0) is 24.6 Å². The van der Waals surface area contributed by atoms with Gasteiger partial charge in [0.2, 0.25) is 5.91 Å². The molecule has 0 saturated carbocycles. The molecule has 150 valence electrons. The van der Waals surface area contributed by atoms with Crippen LogP contribution in [-0.2, 0) is 19.1 Å². The summed E-state index contributed by atoms with van der Waals surface area (Å²) in [7, 11) is 0. The second-order valence-electron chi connectivity index (χ2n) is 6.21. The Labute approximate surface area is 175 Å². The molecule has 1 aromatic carbocycles. The Balaban J connectivity index is 2.21. The number of esters is 1. The molecule has 2 heterocycles. The zero-order valence-corrected chi connectivity index (χ0v) is 16.8. The number of hydrogen-bond acceptors (Lipinski definition) is 7. The number of amides is 1. The molecule has 2 aliphatic rings. The summed E-state index contributed by atoms with van der Waals surface area (Å²) in [6, 6.07) is 8.61. The summed E-state index contributed by atoms with van der Waals surface area (Å²) in [6.07, 6.45) is -0.435. The zero-order chi connectivity index (χ0) is 21.3. The molecule has 3 rings (SSSR count). The third-order valence-corrected chi connectivity index (χ3v) is 5.99. The smallest absolute Gasteiger partial charge is 0.338 e. The summed E-state index contributed by atoms with van der Waals surface area (Å²) in [5.41, 5.74) is 6.85. The Morgan fingerprint density at radius 2 is 2.03 bits per heavy atom. The first-order valence-electron chi connectivity index (χ1n) is 8.59. The first-order valence-corrected chi connectivity index (χ1v) is 9.84. The normalized spacial score (nSPS) is 21.1. The van der Waals surface area contributed by atoms with Crippen molar-refractivity contribution >= 4 is 41.2 Å². The van der Waals surface area contributed by atoms with Gasteiger partial charge in [0.15, 0.2) is 0 Å². The molecular formula is C19H16ClN3O5S. The van der Waals surface area contributed by atoms with E-state index in [-0.39, 0.29) is 28.6 Å². The van der Waals surface area contributed by atoms with Gasteiger partial charge in [0.1, 0.15) is 11.1 Å². The van der Waals surface area contributed by atoms with Crippen LogP contribution in [0.2, 0.25) is 5.02 Å². The molecule has 1 amide bonds. The van der Waals surface area contributed by atoms with Crippen LogP contribution in [-0.4, -0.2) is 39.7 Å². The van der Waals surface area contributed by atoms with Gasteiger partial charge in [0.25, 0.3) is 0 Å². The van der Waals surface area contributed by atoms with E-state index in [0.717, 1.165) is 16.7 Å². The monoisotopic (exact) mass is 433 g/mol. The largest absolute Gasteiger partial charge is 0.481 e. The summed E-state index contributed by atoms with van der Waals surface area (Å²) >= 11 is 6.91. The lowest BCUT2D eigenvalue weighted by molar-refractivity contribution is -0.140. The van der Waals surface area contributed by atoms with Crippen molar-refractivity contribution in [3.05, 3.63) is 56.8 Å². The molecule has 2 atom stereocenters. The molecule has 0 aromatic heterocycles. The van der Waals surface area contributed by atoms with Crippen molar-refractivity contribution in [2.75, 3.05) is 6.61 Å².